The number of nitrogens with one attached hydrogen (secondary N) is 3. The topological polar surface area (TPSA) is 95.1 Å². The second kappa shape index (κ2) is 17.5. The van der Waals surface area contributed by atoms with Gasteiger partial charge >= 0.3 is 5.97 Å². The summed E-state index contributed by atoms with van der Waals surface area (Å²) in [7, 11) is 0. The standard InChI is InChI=1S/C36H54N4O4/c1-26(2)25-43-28(4)44-39-27(3)32-14-16-34(17-15-32)40-20-18-31(19-21-40)23-37-22-29-10-12-30(13-11-29)24-38-35(36(41)42)33-8-6-5-7-9-33/h10-17,26,28,31,33,35,37-39H,3,5-9,18-25H2,1-2,4H3,(H,41,42)/t28?,35-/m0/s1. The highest BCUT2D eigenvalue weighted by Crippen LogP contribution is 2.27. The number of anilines is 1. The lowest BCUT2D eigenvalue weighted by atomic mass is 9.84. The number of nitrogens with zero attached hydrogens (tertiary/aromatic N) is 1. The van der Waals surface area contributed by atoms with E-state index in [0.29, 0.717) is 30.7 Å². The SMILES string of the molecule is C=C(NOC(C)OCC(C)C)c1ccc(N2CCC(CNCc3ccc(CN[C@H](C(=O)O)C4CCCCC4)cc3)CC2)cc1. The summed E-state index contributed by atoms with van der Waals surface area (Å²) >= 11 is 0. The molecule has 44 heavy (non-hydrogen) atoms. The smallest absolute Gasteiger partial charge is 0.320 e. The lowest BCUT2D eigenvalue weighted by Gasteiger charge is -2.34. The van der Waals surface area contributed by atoms with Crippen molar-refractivity contribution in [1.82, 2.24) is 16.1 Å². The summed E-state index contributed by atoms with van der Waals surface area (Å²) in [5, 5.41) is 16.7. The van der Waals surface area contributed by atoms with Gasteiger partial charge in [-0.2, -0.15) is 0 Å². The molecule has 2 aromatic rings. The van der Waals surface area contributed by atoms with Crippen LogP contribution in [0.15, 0.2) is 55.1 Å². The zero-order valence-electron chi connectivity index (χ0n) is 27.0. The van der Waals surface area contributed by atoms with Gasteiger partial charge in [0, 0.05) is 31.9 Å². The predicted octanol–water partition coefficient (Wildman–Crippen LogP) is 6.33. The summed E-state index contributed by atoms with van der Waals surface area (Å²) in [4.78, 5) is 19.9. The summed E-state index contributed by atoms with van der Waals surface area (Å²) < 4.78 is 5.63. The minimum atomic E-state index is -0.722. The van der Waals surface area contributed by atoms with E-state index in [2.05, 4.69) is 90.0 Å². The van der Waals surface area contributed by atoms with Crippen LogP contribution in [0.1, 0.15) is 82.4 Å². The second-order valence-corrected chi connectivity index (χ2v) is 13.0. The first-order valence-electron chi connectivity index (χ1n) is 16.6. The number of carboxylic acids is 1. The van der Waals surface area contributed by atoms with Crippen LogP contribution in [-0.4, -0.2) is 49.6 Å². The van der Waals surface area contributed by atoms with E-state index in [4.69, 9.17) is 9.57 Å². The molecule has 8 heteroatoms. The van der Waals surface area contributed by atoms with Gasteiger partial charge in [-0.1, -0.05) is 76.1 Å². The van der Waals surface area contributed by atoms with Crippen LogP contribution in [0, 0.1) is 17.8 Å². The Balaban J connectivity index is 1.12. The normalized spacial score (nSPS) is 17.9. The lowest BCUT2D eigenvalue weighted by Crippen LogP contribution is -2.43. The van der Waals surface area contributed by atoms with Gasteiger partial charge in [0.05, 0.1) is 12.3 Å². The van der Waals surface area contributed by atoms with Crippen LogP contribution in [0.5, 0.6) is 0 Å². The van der Waals surface area contributed by atoms with Gasteiger partial charge in [-0.25, -0.2) is 4.84 Å². The number of piperidine rings is 1. The van der Waals surface area contributed by atoms with E-state index in [-0.39, 0.29) is 12.2 Å². The Morgan fingerprint density at radius 2 is 1.57 bits per heavy atom. The van der Waals surface area contributed by atoms with Crippen LogP contribution in [-0.2, 0) is 27.5 Å². The summed E-state index contributed by atoms with van der Waals surface area (Å²) in [5.74, 6) is 0.654. The molecule has 0 amide bonds. The molecule has 0 radical (unpaired) electrons. The zero-order valence-corrected chi connectivity index (χ0v) is 27.0. The van der Waals surface area contributed by atoms with Gasteiger partial charge in [0.1, 0.15) is 6.04 Å². The Bertz CT molecular complexity index is 1140. The minimum Gasteiger partial charge on any atom is -0.480 e. The molecule has 242 valence electrons. The van der Waals surface area contributed by atoms with Crippen molar-refractivity contribution >= 4 is 17.4 Å². The summed E-state index contributed by atoms with van der Waals surface area (Å²) in [6.45, 7) is 15.4. The van der Waals surface area contributed by atoms with Gasteiger partial charge in [-0.15, -0.1) is 0 Å². The Morgan fingerprint density at radius 3 is 2.18 bits per heavy atom. The van der Waals surface area contributed by atoms with Gasteiger partial charge < -0.3 is 25.4 Å². The first-order chi connectivity index (χ1) is 21.3. The van der Waals surface area contributed by atoms with Crippen LogP contribution in [0.25, 0.3) is 5.70 Å². The average molecular weight is 607 g/mol. The molecule has 1 aliphatic heterocycles. The molecule has 1 aliphatic carbocycles. The number of rotatable bonds is 17. The van der Waals surface area contributed by atoms with Crippen LogP contribution in [0.4, 0.5) is 5.69 Å². The summed E-state index contributed by atoms with van der Waals surface area (Å²) in [6, 6.07) is 16.6. The zero-order chi connectivity index (χ0) is 31.3. The molecule has 4 rings (SSSR count). The van der Waals surface area contributed by atoms with Crippen LogP contribution in [0.3, 0.4) is 0 Å². The van der Waals surface area contributed by atoms with Gasteiger partial charge in [0.25, 0.3) is 0 Å². The minimum absolute atomic E-state index is 0.245. The fourth-order valence-corrected chi connectivity index (χ4v) is 6.19. The third kappa shape index (κ3) is 10.9. The Kier molecular flexibility index (Phi) is 13.5. The Labute approximate surface area is 264 Å². The first kappa shape index (κ1) is 34.0. The highest BCUT2D eigenvalue weighted by molar-refractivity contribution is 5.73. The Hall–Kier alpha value is -2.91. The van der Waals surface area contributed by atoms with Gasteiger partial charge in [0.15, 0.2) is 6.29 Å². The number of hydrogen-bond acceptors (Lipinski definition) is 7. The van der Waals surface area contributed by atoms with E-state index in [1.165, 1.54) is 30.5 Å². The van der Waals surface area contributed by atoms with Crippen molar-refractivity contribution in [2.24, 2.45) is 17.8 Å². The van der Waals surface area contributed by atoms with Crippen molar-refractivity contribution in [2.75, 3.05) is 31.1 Å². The molecule has 1 unspecified atom stereocenters. The maximum Gasteiger partial charge on any atom is 0.320 e. The van der Waals surface area contributed by atoms with Crippen molar-refractivity contribution in [3.63, 3.8) is 0 Å². The molecule has 0 bridgehead atoms. The van der Waals surface area contributed by atoms with Crippen molar-refractivity contribution in [3.8, 4) is 0 Å². The average Bonchev–Trinajstić information content (AvgIpc) is 3.04. The molecule has 0 aromatic heterocycles. The Morgan fingerprint density at radius 1 is 0.932 bits per heavy atom. The number of benzene rings is 2. The lowest BCUT2D eigenvalue weighted by molar-refractivity contribution is -0.160. The first-order valence-corrected chi connectivity index (χ1v) is 16.6. The maximum absolute atomic E-state index is 11.8. The van der Waals surface area contributed by atoms with E-state index in [0.717, 1.165) is 63.0 Å². The third-order valence-corrected chi connectivity index (χ3v) is 8.91. The van der Waals surface area contributed by atoms with Gasteiger partial charge in [-0.3, -0.25) is 10.3 Å². The fourth-order valence-electron chi connectivity index (χ4n) is 6.19. The largest absolute Gasteiger partial charge is 0.480 e. The molecular formula is C36H54N4O4. The highest BCUT2D eigenvalue weighted by Gasteiger charge is 2.28. The molecule has 2 aromatic carbocycles. The number of hydrogen-bond donors (Lipinski definition) is 4. The molecular weight excluding hydrogens is 552 g/mol. The van der Waals surface area contributed by atoms with E-state index in [9.17, 15) is 9.90 Å². The monoisotopic (exact) mass is 606 g/mol. The number of hydroxylamine groups is 1. The van der Waals surface area contributed by atoms with Crippen molar-refractivity contribution in [1.29, 1.82) is 0 Å². The number of carbonyl (C=O) groups is 1. The molecule has 2 aliphatic rings. The molecule has 2 atom stereocenters. The quantitative estimate of drug-likeness (QED) is 0.123. The number of aliphatic carboxylic acids is 1. The van der Waals surface area contributed by atoms with Gasteiger partial charge in [-0.05, 0) is 85.7 Å². The van der Waals surface area contributed by atoms with E-state index < -0.39 is 12.0 Å². The molecule has 2 fully saturated rings. The molecule has 1 saturated carbocycles. The number of carboxylic acid groups (broad SMARTS) is 1. The van der Waals surface area contributed by atoms with Gasteiger partial charge in [0.2, 0.25) is 0 Å². The molecule has 0 spiro atoms. The maximum atomic E-state index is 11.8. The third-order valence-electron chi connectivity index (χ3n) is 8.91. The summed E-state index contributed by atoms with van der Waals surface area (Å²) in [6.07, 6.45) is 7.54. The van der Waals surface area contributed by atoms with E-state index >= 15 is 0 Å². The van der Waals surface area contributed by atoms with E-state index in [1.54, 1.807) is 0 Å². The van der Waals surface area contributed by atoms with Crippen molar-refractivity contribution in [3.05, 3.63) is 71.8 Å². The second-order valence-electron chi connectivity index (χ2n) is 13.0. The molecule has 4 N–H and O–H groups in total. The van der Waals surface area contributed by atoms with Crippen LogP contribution in [0.2, 0.25) is 0 Å². The summed E-state index contributed by atoms with van der Waals surface area (Å²) in [5.41, 5.74) is 8.27. The number of ether oxygens (including phenoxy) is 1. The fraction of sp³-hybridized carbons (Fsp3) is 0.583. The molecule has 1 heterocycles. The van der Waals surface area contributed by atoms with Crippen molar-refractivity contribution < 1.29 is 19.5 Å². The van der Waals surface area contributed by atoms with E-state index in [1.807, 2.05) is 6.92 Å². The highest BCUT2D eigenvalue weighted by atomic mass is 16.8. The van der Waals surface area contributed by atoms with Crippen LogP contribution >= 0.6 is 0 Å². The van der Waals surface area contributed by atoms with Crippen molar-refractivity contribution in [2.45, 2.75) is 91.1 Å². The van der Waals surface area contributed by atoms with Crippen LogP contribution < -0.4 is 21.0 Å². The molecule has 8 nitrogen and oxygen atoms in total. The predicted molar refractivity (Wildman–Crippen MR) is 178 cm³/mol. The molecule has 1 saturated heterocycles.